The van der Waals surface area contributed by atoms with Crippen LogP contribution in [0, 0.1) is 10.8 Å². The summed E-state index contributed by atoms with van der Waals surface area (Å²) < 4.78 is 0. The molecule has 2 N–H and O–H groups in total. The Morgan fingerprint density at radius 1 is 1.27 bits per heavy atom. The highest BCUT2D eigenvalue weighted by molar-refractivity contribution is 6.08. The number of fused-ring (bicyclic) bond motifs is 2. The lowest BCUT2D eigenvalue weighted by Gasteiger charge is -2.51. The topological polar surface area (TPSA) is 57.5 Å². The number of aliphatic hydroxyl groups is 2. The SMILES string of the molecule is C=CC1(C)CCC2=C(C(=O)C=C3C(C)(C)CCCC32O)C1O. The van der Waals surface area contributed by atoms with Crippen LogP contribution >= 0.6 is 0 Å². The smallest absolute Gasteiger partial charge is 0.184 e. The molecule has 0 aromatic rings. The fourth-order valence-corrected chi connectivity index (χ4v) is 4.54. The van der Waals surface area contributed by atoms with Gasteiger partial charge in [0.05, 0.1) is 6.10 Å². The van der Waals surface area contributed by atoms with Crippen LogP contribution in [0.25, 0.3) is 0 Å². The number of carbonyl (C=O) groups excluding carboxylic acids is 1. The van der Waals surface area contributed by atoms with Gasteiger partial charge in [-0.1, -0.05) is 26.8 Å². The van der Waals surface area contributed by atoms with Crippen LogP contribution in [0.4, 0.5) is 0 Å². The second-order valence-electron chi connectivity index (χ2n) is 8.02. The summed E-state index contributed by atoms with van der Waals surface area (Å²) in [7, 11) is 0. The first-order valence-electron chi connectivity index (χ1n) is 8.20. The van der Waals surface area contributed by atoms with Gasteiger partial charge in [0.25, 0.3) is 0 Å². The molecule has 3 atom stereocenters. The summed E-state index contributed by atoms with van der Waals surface area (Å²) >= 11 is 0. The van der Waals surface area contributed by atoms with E-state index in [0.29, 0.717) is 24.8 Å². The highest BCUT2D eigenvalue weighted by atomic mass is 16.3. The summed E-state index contributed by atoms with van der Waals surface area (Å²) in [6, 6.07) is 0. The molecule has 3 nitrogen and oxygen atoms in total. The Morgan fingerprint density at radius 2 is 1.95 bits per heavy atom. The van der Waals surface area contributed by atoms with Gasteiger partial charge in [-0.15, -0.1) is 6.58 Å². The maximum Gasteiger partial charge on any atom is 0.184 e. The lowest BCUT2D eigenvalue weighted by Crippen LogP contribution is -2.51. The Hall–Kier alpha value is -1.19. The van der Waals surface area contributed by atoms with E-state index >= 15 is 0 Å². The predicted octanol–water partition coefficient (Wildman–Crippen LogP) is 3.08. The van der Waals surface area contributed by atoms with E-state index < -0.39 is 17.1 Å². The van der Waals surface area contributed by atoms with Gasteiger partial charge in [0.15, 0.2) is 5.78 Å². The number of allylic oxidation sites excluding steroid dienone is 1. The van der Waals surface area contributed by atoms with E-state index in [0.717, 1.165) is 24.0 Å². The summed E-state index contributed by atoms with van der Waals surface area (Å²) in [5, 5.41) is 22.1. The van der Waals surface area contributed by atoms with Crippen LogP contribution < -0.4 is 0 Å². The number of rotatable bonds is 1. The van der Waals surface area contributed by atoms with E-state index in [-0.39, 0.29) is 11.2 Å². The van der Waals surface area contributed by atoms with Crippen LogP contribution in [0.1, 0.15) is 52.9 Å². The Labute approximate surface area is 132 Å². The van der Waals surface area contributed by atoms with Crippen LogP contribution in [-0.2, 0) is 4.79 Å². The minimum atomic E-state index is -1.05. The van der Waals surface area contributed by atoms with Crippen molar-refractivity contribution >= 4 is 5.78 Å². The summed E-state index contributed by atoms with van der Waals surface area (Å²) in [5.74, 6) is -0.134. The van der Waals surface area contributed by atoms with Crippen molar-refractivity contribution in [2.75, 3.05) is 0 Å². The Morgan fingerprint density at radius 3 is 2.59 bits per heavy atom. The number of carbonyl (C=O) groups is 1. The third-order valence-electron chi connectivity index (χ3n) is 6.16. The summed E-state index contributed by atoms with van der Waals surface area (Å²) in [4.78, 5) is 12.7. The van der Waals surface area contributed by atoms with E-state index in [1.165, 1.54) is 0 Å². The van der Waals surface area contributed by atoms with Gasteiger partial charge in [0, 0.05) is 11.0 Å². The Kier molecular flexibility index (Phi) is 3.32. The summed E-state index contributed by atoms with van der Waals surface area (Å²) in [6.07, 6.45) is 6.35. The van der Waals surface area contributed by atoms with Gasteiger partial charge < -0.3 is 10.2 Å². The fourth-order valence-electron chi connectivity index (χ4n) is 4.54. The van der Waals surface area contributed by atoms with E-state index in [1.807, 2.05) is 6.92 Å². The molecule has 0 aliphatic heterocycles. The van der Waals surface area contributed by atoms with Crippen LogP contribution in [-0.4, -0.2) is 27.7 Å². The minimum absolute atomic E-state index is 0.134. The van der Waals surface area contributed by atoms with E-state index in [9.17, 15) is 15.0 Å². The second kappa shape index (κ2) is 4.65. The monoisotopic (exact) mass is 302 g/mol. The number of hydrogen-bond acceptors (Lipinski definition) is 3. The predicted molar refractivity (Wildman–Crippen MR) is 86.2 cm³/mol. The van der Waals surface area contributed by atoms with Crippen molar-refractivity contribution in [3.05, 3.63) is 35.5 Å². The van der Waals surface area contributed by atoms with E-state index in [1.54, 1.807) is 12.2 Å². The third-order valence-corrected chi connectivity index (χ3v) is 6.16. The van der Waals surface area contributed by atoms with Crippen molar-refractivity contribution in [3.8, 4) is 0 Å². The Bertz CT molecular complexity index is 610. The highest BCUT2D eigenvalue weighted by Crippen LogP contribution is 2.55. The third kappa shape index (κ3) is 1.92. The summed E-state index contributed by atoms with van der Waals surface area (Å²) in [6.45, 7) is 9.93. The van der Waals surface area contributed by atoms with Crippen LogP contribution in [0.5, 0.6) is 0 Å². The minimum Gasteiger partial charge on any atom is -0.387 e. The molecule has 3 aliphatic carbocycles. The van der Waals surface area contributed by atoms with Gasteiger partial charge >= 0.3 is 0 Å². The molecule has 0 aromatic heterocycles. The lowest BCUT2D eigenvalue weighted by molar-refractivity contribution is -0.114. The molecule has 120 valence electrons. The van der Waals surface area contributed by atoms with Crippen molar-refractivity contribution in [2.45, 2.75) is 64.6 Å². The molecule has 0 bridgehead atoms. The molecule has 0 spiro atoms. The van der Waals surface area contributed by atoms with Crippen molar-refractivity contribution < 1.29 is 15.0 Å². The van der Waals surface area contributed by atoms with Crippen LogP contribution in [0.2, 0.25) is 0 Å². The fraction of sp³-hybridized carbons (Fsp3) is 0.632. The summed E-state index contributed by atoms with van der Waals surface area (Å²) in [5.41, 5.74) is 0.289. The quantitative estimate of drug-likeness (QED) is 0.732. The molecule has 22 heavy (non-hydrogen) atoms. The van der Waals surface area contributed by atoms with Gasteiger partial charge in [-0.3, -0.25) is 4.79 Å². The van der Waals surface area contributed by atoms with Gasteiger partial charge in [-0.25, -0.2) is 0 Å². The average Bonchev–Trinajstić information content (AvgIpc) is 2.44. The molecule has 0 heterocycles. The number of hydrogen-bond donors (Lipinski definition) is 2. The largest absolute Gasteiger partial charge is 0.387 e. The zero-order valence-corrected chi connectivity index (χ0v) is 13.8. The normalized spacial score (nSPS) is 40.7. The zero-order valence-electron chi connectivity index (χ0n) is 13.8. The van der Waals surface area contributed by atoms with Gasteiger partial charge in [-0.2, -0.15) is 0 Å². The first-order chi connectivity index (χ1) is 10.2. The lowest BCUT2D eigenvalue weighted by atomic mass is 9.56. The van der Waals surface area contributed by atoms with Gasteiger partial charge in [0.2, 0.25) is 0 Å². The molecule has 3 unspecified atom stereocenters. The molecule has 0 radical (unpaired) electrons. The van der Waals surface area contributed by atoms with Crippen molar-refractivity contribution in [1.29, 1.82) is 0 Å². The van der Waals surface area contributed by atoms with E-state index in [2.05, 4.69) is 20.4 Å². The van der Waals surface area contributed by atoms with Crippen LogP contribution in [0.3, 0.4) is 0 Å². The molecule has 3 rings (SSSR count). The zero-order chi connectivity index (χ0) is 16.3. The van der Waals surface area contributed by atoms with E-state index in [4.69, 9.17) is 0 Å². The molecular formula is C19H26O3. The maximum absolute atomic E-state index is 12.7. The van der Waals surface area contributed by atoms with Gasteiger partial charge in [0.1, 0.15) is 5.60 Å². The average molecular weight is 302 g/mol. The first kappa shape index (κ1) is 15.7. The first-order valence-corrected chi connectivity index (χ1v) is 8.20. The molecule has 0 saturated heterocycles. The standard InChI is InChI=1S/C19H26O3/c1-5-18(4)10-7-12-15(16(18)21)13(20)11-14-17(2,3)8-6-9-19(12,14)22/h5,11,16,21-22H,1,6-10H2,2-4H3. The van der Waals surface area contributed by atoms with Gasteiger partial charge in [-0.05, 0) is 54.7 Å². The molecule has 0 amide bonds. The molecule has 3 aliphatic rings. The molecule has 0 aromatic carbocycles. The highest BCUT2D eigenvalue weighted by Gasteiger charge is 2.53. The molecule has 1 saturated carbocycles. The second-order valence-corrected chi connectivity index (χ2v) is 8.02. The van der Waals surface area contributed by atoms with Crippen molar-refractivity contribution in [3.63, 3.8) is 0 Å². The van der Waals surface area contributed by atoms with Crippen molar-refractivity contribution in [1.82, 2.24) is 0 Å². The molecular weight excluding hydrogens is 276 g/mol. The Balaban J connectivity index is 2.16. The van der Waals surface area contributed by atoms with Crippen molar-refractivity contribution in [2.24, 2.45) is 10.8 Å². The number of ketones is 1. The van der Waals surface area contributed by atoms with Crippen LogP contribution in [0.15, 0.2) is 35.5 Å². The molecule has 3 heteroatoms. The molecule has 1 fully saturated rings. The number of aliphatic hydroxyl groups excluding tert-OH is 1. The maximum atomic E-state index is 12.7.